The Balaban J connectivity index is 0.000000396. The van der Waals surface area contributed by atoms with Crippen molar-refractivity contribution in [1.82, 2.24) is 4.90 Å². The Kier molecular flexibility index (Phi) is 8.37. The molecule has 1 aromatic rings. The number of hydrogen-bond donors (Lipinski definition) is 2. The number of likely N-dealkylation sites (tertiary alicyclic amines) is 1. The summed E-state index contributed by atoms with van der Waals surface area (Å²) in [5.41, 5.74) is 1.22. The average Bonchev–Trinajstić information content (AvgIpc) is 3.05. The molecule has 0 bridgehead atoms. The van der Waals surface area contributed by atoms with Crippen LogP contribution in [0.25, 0.3) is 0 Å². The predicted molar refractivity (Wildman–Crippen MR) is 108 cm³/mol. The maximum absolute atomic E-state index is 10.6. The highest BCUT2D eigenvalue weighted by atomic mass is 19.4. The van der Waals surface area contributed by atoms with Gasteiger partial charge in [-0.05, 0) is 37.3 Å². The Bertz CT molecular complexity index is 689. The molecule has 30 heavy (non-hydrogen) atoms. The molecule has 3 rings (SSSR count). The van der Waals surface area contributed by atoms with Gasteiger partial charge in [0.05, 0.1) is 25.4 Å². The highest BCUT2D eigenvalue weighted by Gasteiger charge is 2.42. The van der Waals surface area contributed by atoms with Crippen LogP contribution in [0.2, 0.25) is 0 Å². The third kappa shape index (κ3) is 7.36. The second-order valence-corrected chi connectivity index (χ2v) is 8.27. The molecule has 0 saturated carbocycles. The summed E-state index contributed by atoms with van der Waals surface area (Å²) >= 11 is 0. The van der Waals surface area contributed by atoms with Gasteiger partial charge >= 0.3 is 12.1 Å². The smallest absolute Gasteiger partial charge is 0.490 e. The fraction of sp³-hybridized carbons (Fsp3) is 0.667. The molecule has 1 unspecified atom stereocenters. The van der Waals surface area contributed by atoms with Crippen molar-refractivity contribution in [3.63, 3.8) is 0 Å². The van der Waals surface area contributed by atoms with Crippen LogP contribution in [0.5, 0.6) is 5.75 Å². The average molecular weight is 432 g/mol. The number of carbonyl (C=O) groups is 1. The quantitative estimate of drug-likeness (QED) is 0.733. The van der Waals surface area contributed by atoms with Crippen LogP contribution in [-0.2, 0) is 9.53 Å². The van der Waals surface area contributed by atoms with Crippen LogP contribution in [0.4, 0.5) is 18.9 Å². The Morgan fingerprint density at radius 1 is 1.37 bits per heavy atom. The molecule has 2 fully saturated rings. The number of carboxylic acids is 1. The molecule has 2 aliphatic heterocycles. The van der Waals surface area contributed by atoms with Crippen molar-refractivity contribution in [1.29, 1.82) is 0 Å². The van der Waals surface area contributed by atoms with Gasteiger partial charge in [-0.2, -0.15) is 13.2 Å². The van der Waals surface area contributed by atoms with Gasteiger partial charge in [0.1, 0.15) is 5.75 Å². The van der Waals surface area contributed by atoms with Crippen molar-refractivity contribution in [2.75, 3.05) is 38.7 Å². The molecule has 2 saturated heterocycles. The van der Waals surface area contributed by atoms with Gasteiger partial charge in [-0.25, -0.2) is 4.79 Å². The molecule has 1 atom stereocenters. The highest BCUT2D eigenvalue weighted by Crippen LogP contribution is 2.37. The number of methoxy groups -OCH3 is 1. The largest absolute Gasteiger partial charge is 0.497 e. The molecule has 170 valence electrons. The number of aliphatic carboxylic acids is 1. The molecule has 0 amide bonds. The number of carboxylic acid groups (broad SMARTS) is 1. The summed E-state index contributed by atoms with van der Waals surface area (Å²) in [5, 5.41) is 10.7. The molecule has 1 aromatic carbocycles. The van der Waals surface area contributed by atoms with Gasteiger partial charge in [0.2, 0.25) is 0 Å². The van der Waals surface area contributed by atoms with E-state index in [2.05, 4.69) is 36.2 Å². The van der Waals surface area contributed by atoms with Crippen LogP contribution in [0, 0.1) is 5.92 Å². The van der Waals surface area contributed by atoms with Crippen molar-refractivity contribution in [2.45, 2.75) is 50.9 Å². The van der Waals surface area contributed by atoms with Gasteiger partial charge < -0.3 is 24.8 Å². The van der Waals surface area contributed by atoms with Crippen LogP contribution in [0.3, 0.4) is 0 Å². The summed E-state index contributed by atoms with van der Waals surface area (Å²) in [6, 6.07) is 8.55. The zero-order valence-corrected chi connectivity index (χ0v) is 17.7. The summed E-state index contributed by atoms with van der Waals surface area (Å²) in [4.78, 5) is 11.5. The Morgan fingerprint density at radius 3 is 2.53 bits per heavy atom. The zero-order valence-electron chi connectivity index (χ0n) is 17.7. The molecule has 0 aliphatic carbocycles. The Morgan fingerprint density at radius 2 is 2.00 bits per heavy atom. The summed E-state index contributed by atoms with van der Waals surface area (Å²) in [7, 11) is 1.71. The number of benzene rings is 1. The number of ether oxygens (including phenoxy) is 2. The second kappa shape index (κ2) is 10.3. The van der Waals surface area contributed by atoms with E-state index in [4.69, 9.17) is 19.4 Å². The number of piperidine rings is 1. The second-order valence-electron chi connectivity index (χ2n) is 8.27. The highest BCUT2D eigenvalue weighted by molar-refractivity contribution is 5.73. The maximum Gasteiger partial charge on any atom is 0.490 e. The molecule has 1 spiro atoms. The van der Waals surface area contributed by atoms with Crippen LogP contribution in [0.1, 0.15) is 33.1 Å². The minimum absolute atomic E-state index is 0.101. The first-order valence-corrected chi connectivity index (χ1v) is 10.1. The number of nitrogens with one attached hydrogen (secondary N) is 1. The summed E-state index contributed by atoms with van der Waals surface area (Å²) < 4.78 is 43.3. The van der Waals surface area contributed by atoms with Gasteiger partial charge in [-0.3, -0.25) is 0 Å². The van der Waals surface area contributed by atoms with Crippen LogP contribution >= 0.6 is 0 Å². The van der Waals surface area contributed by atoms with Crippen LogP contribution < -0.4 is 10.1 Å². The number of nitrogens with zero attached hydrogens (tertiary/aromatic N) is 1. The van der Waals surface area contributed by atoms with Crippen molar-refractivity contribution < 1.29 is 32.5 Å². The molecule has 2 aliphatic rings. The third-order valence-electron chi connectivity index (χ3n) is 5.28. The van der Waals surface area contributed by atoms with E-state index in [0.29, 0.717) is 6.04 Å². The van der Waals surface area contributed by atoms with Gasteiger partial charge in [0.15, 0.2) is 0 Å². The fourth-order valence-electron chi connectivity index (χ4n) is 3.89. The summed E-state index contributed by atoms with van der Waals surface area (Å²) in [5.74, 6) is -1.12. The van der Waals surface area contributed by atoms with Gasteiger partial charge in [0, 0.05) is 31.4 Å². The standard InChI is InChI=1S/C19H30N2O2.C2HF3O2/c1-15(2)13-21-9-7-19(8-10-21)12-17(14-23-19)20-16-5-4-6-18(11-16)22-3;3-2(4,5)1(6)7/h4-6,11,15,17,20H,7-10,12-14H2,1-3H3;(H,6,7). The van der Waals surface area contributed by atoms with E-state index < -0.39 is 12.1 Å². The van der Waals surface area contributed by atoms with Gasteiger partial charge in [-0.1, -0.05) is 19.9 Å². The molecular formula is C21H31F3N2O4. The lowest BCUT2D eigenvalue weighted by Crippen LogP contribution is -2.45. The lowest BCUT2D eigenvalue weighted by Gasteiger charge is -2.39. The van der Waals surface area contributed by atoms with Crippen molar-refractivity contribution in [3.8, 4) is 5.75 Å². The first-order chi connectivity index (χ1) is 14.0. The van der Waals surface area contributed by atoms with E-state index in [-0.39, 0.29) is 5.60 Å². The van der Waals surface area contributed by atoms with E-state index in [1.807, 2.05) is 12.1 Å². The number of rotatable bonds is 5. The van der Waals surface area contributed by atoms with Crippen LogP contribution in [-0.4, -0.2) is 67.1 Å². The third-order valence-corrected chi connectivity index (χ3v) is 5.28. The summed E-state index contributed by atoms with van der Waals surface area (Å²) in [6.45, 7) is 8.95. The monoisotopic (exact) mass is 432 g/mol. The van der Waals surface area contributed by atoms with E-state index in [1.165, 1.54) is 19.6 Å². The molecule has 0 aromatic heterocycles. The van der Waals surface area contributed by atoms with E-state index in [1.54, 1.807) is 7.11 Å². The van der Waals surface area contributed by atoms with Gasteiger partial charge in [-0.15, -0.1) is 0 Å². The fourth-order valence-corrected chi connectivity index (χ4v) is 3.89. The van der Waals surface area contributed by atoms with Crippen molar-refractivity contribution in [3.05, 3.63) is 24.3 Å². The molecule has 9 heteroatoms. The molecule has 6 nitrogen and oxygen atoms in total. The topological polar surface area (TPSA) is 71.0 Å². The Labute approximate surface area is 175 Å². The normalized spacial score (nSPS) is 21.2. The Hall–Kier alpha value is -2.00. The minimum atomic E-state index is -5.08. The van der Waals surface area contributed by atoms with Crippen LogP contribution in [0.15, 0.2) is 24.3 Å². The zero-order chi connectivity index (χ0) is 22.4. The SMILES string of the molecule is COc1cccc(NC2COC3(CCN(CC(C)C)CC3)C2)c1.O=C(O)C(F)(F)F. The number of halogens is 3. The predicted octanol–water partition coefficient (Wildman–Crippen LogP) is 4.02. The van der Waals surface area contributed by atoms with Gasteiger partial charge in [0.25, 0.3) is 0 Å². The lowest BCUT2D eigenvalue weighted by atomic mass is 9.87. The minimum Gasteiger partial charge on any atom is -0.497 e. The van der Waals surface area contributed by atoms with E-state index in [0.717, 1.165) is 43.2 Å². The molecule has 2 heterocycles. The van der Waals surface area contributed by atoms with Crippen molar-refractivity contribution >= 4 is 11.7 Å². The maximum atomic E-state index is 10.6. The van der Waals surface area contributed by atoms with E-state index in [9.17, 15) is 13.2 Å². The lowest BCUT2D eigenvalue weighted by molar-refractivity contribution is -0.192. The number of hydrogen-bond acceptors (Lipinski definition) is 5. The first kappa shape index (κ1) is 24.3. The number of alkyl halides is 3. The molecule has 2 N–H and O–H groups in total. The van der Waals surface area contributed by atoms with E-state index >= 15 is 0 Å². The number of anilines is 1. The molecular weight excluding hydrogens is 401 g/mol. The first-order valence-electron chi connectivity index (χ1n) is 10.1. The van der Waals surface area contributed by atoms with Crippen molar-refractivity contribution in [2.24, 2.45) is 5.92 Å². The molecule has 0 radical (unpaired) electrons. The summed E-state index contributed by atoms with van der Waals surface area (Å²) in [6.07, 6.45) is -1.65.